The van der Waals surface area contributed by atoms with Crippen molar-refractivity contribution < 1.29 is 14.2 Å². The molecule has 0 aliphatic carbocycles. The van der Waals surface area contributed by atoms with E-state index in [9.17, 15) is 0 Å². The second kappa shape index (κ2) is 7.81. The first-order chi connectivity index (χ1) is 14.6. The molecular weight excluding hydrogens is 372 g/mol. The van der Waals surface area contributed by atoms with Crippen LogP contribution in [0.5, 0.6) is 11.5 Å². The van der Waals surface area contributed by atoms with Gasteiger partial charge in [-0.25, -0.2) is 0 Å². The Hall–Kier alpha value is -2.78. The van der Waals surface area contributed by atoms with Crippen LogP contribution >= 0.6 is 0 Å². The molecule has 0 N–H and O–H groups in total. The second-order valence-corrected chi connectivity index (χ2v) is 8.82. The molecule has 0 bridgehead atoms. The maximum atomic E-state index is 6.72. The molecule has 0 radical (unpaired) electrons. The van der Waals surface area contributed by atoms with Crippen molar-refractivity contribution in [3.8, 4) is 11.5 Å². The van der Waals surface area contributed by atoms with Crippen molar-refractivity contribution >= 4 is 0 Å². The monoisotopic (exact) mass is 400 g/mol. The maximum absolute atomic E-state index is 6.72. The van der Waals surface area contributed by atoms with E-state index in [0.29, 0.717) is 12.5 Å². The van der Waals surface area contributed by atoms with Gasteiger partial charge < -0.3 is 14.2 Å². The van der Waals surface area contributed by atoms with Crippen molar-refractivity contribution in [3.63, 3.8) is 0 Å². The molecule has 1 saturated heterocycles. The van der Waals surface area contributed by atoms with Crippen molar-refractivity contribution in [2.75, 3.05) is 0 Å². The Morgan fingerprint density at radius 2 is 1.63 bits per heavy atom. The zero-order valence-electron chi connectivity index (χ0n) is 17.6. The van der Waals surface area contributed by atoms with Crippen molar-refractivity contribution in [2.45, 2.75) is 51.1 Å². The van der Waals surface area contributed by atoms with E-state index in [4.69, 9.17) is 14.2 Å². The Labute approximate surface area is 178 Å². The Kier molecular flexibility index (Phi) is 5.00. The molecule has 3 atom stereocenters. The lowest BCUT2D eigenvalue weighted by Crippen LogP contribution is -2.47. The molecule has 0 spiro atoms. The van der Waals surface area contributed by atoms with E-state index < -0.39 is 0 Å². The van der Waals surface area contributed by atoms with Crippen molar-refractivity contribution in [1.82, 2.24) is 0 Å². The zero-order chi connectivity index (χ0) is 20.6. The minimum Gasteiger partial charge on any atom is -0.489 e. The molecule has 0 aromatic heterocycles. The third kappa shape index (κ3) is 3.70. The van der Waals surface area contributed by atoms with E-state index >= 15 is 0 Å². The van der Waals surface area contributed by atoms with E-state index in [0.717, 1.165) is 35.5 Å². The van der Waals surface area contributed by atoms with Crippen molar-refractivity contribution in [1.29, 1.82) is 0 Å². The highest BCUT2D eigenvalue weighted by molar-refractivity contribution is 5.45. The summed E-state index contributed by atoms with van der Waals surface area (Å²) in [5.41, 5.74) is 3.25. The van der Waals surface area contributed by atoms with Crippen LogP contribution in [0, 0.1) is 5.92 Å². The average Bonchev–Trinajstić information content (AvgIpc) is 2.79. The summed E-state index contributed by atoms with van der Waals surface area (Å²) in [6, 6.07) is 26.9. The number of rotatable bonds is 4. The van der Waals surface area contributed by atoms with Crippen LogP contribution in [0.1, 0.15) is 55.6 Å². The number of ether oxygens (including phenoxy) is 3. The van der Waals surface area contributed by atoms with Crippen LogP contribution in [0.2, 0.25) is 0 Å². The van der Waals surface area contributed by atoms with Gasteiger partial charge in [0, 0.05) is 11.5 Å². The van der Waals surface area contributed by atoms with Gasteiger partial charge in [0.25, 0.3) is 0 Å². The molecule has 3 nitrogen and oxygen atoms in total. The highest BCUT2D eigenvalue weighted by Crippen LogP contribution is 2.53. The summed E-state index contributed by atoms with van der Waals surface area (Å²) in [6.07, 6.45) is 2.20. The molecule has 3 aromatic rings. The van der Waals surface area contributed by atoms with E-state index in [1.807, 2.05) is 30.3 Å². The normalized spacial score (nSPS) is 24.3. The molecule has 3 heteroatoms. The second-order valence-electron chi connectivity index (χ2n) is 8.82. The van der Waals surface area contributed by atoms with Crippen LogP contribution in [0.4, 0.5) is 0 Å². The molecule has 0 unspecified atom stereocenters. The summed E-state index contributed by atoms with van der Waals surface area (Å²) < 4.78 is 19.2. The molecule has 2 heterocycles. The molecule has 0 amide bonds. The summed E-state index contributed by atoms with van der Waals surface area (Å²) in [4.78, 5) is 0. The van der Waals surface area contributed by atoms with Gasteiger partial charge in [0.05, 0.1) is 12.2 Å². The SMILES string of the molecule is CC1(C)Oc2ccc(OCc3ccccc3)cc2[C@H]2O[C@@H](c3ccccc3)CC[C@@H]21. The van der Waals surface area contributed by atoms with Gasteiger partial charge >= 0.3 is 0 Å². The van der Waals surface area contributed by atoms with Crippen LogP contribution < -0.4 is 9.47 Å². The minimum absolute atomic E-state index is 0.00276. The fourth-order valence-corrected chi connectivity index (χ4v) is 4.77. The molecule has 30 heavy (non-hydrogen) atoms. The first-order valence-electron chi connectivity index (χ1n) is 10.8. The number of hydrogen-bond donors (Lipinski definition) is 0. The summed E-state index contributed by atoms with van der Waals surface area (Å²) >= 11 is 0. The standard InChI is InChI=1S/C27H28O3/c1-27(2)23-14-16-24(20-11-7-4-8-12-20)29-26(23)22-17-21(13-15-25(22)30-27)28-18-19-9-5-3-6-10-19/h3-13,15,17,23-24,26H,14,16,18H2,1-2H3/t23-,24+,26+/m0/s1. The lowest BCUT2D eigenvalue weighted by atomic mass is 9.74. The molecule has 2 aliphatic rings. The van der Waals surface area contributed by atoms with E-state index in [-0.39, 0.29) is 17.8 Å². The van der Waals surface area contributed by atoms with Gasteiger partial charge in [0.2, 0.25) is 0 Å². The molecule has 1 fully saturated rings. The van der Waals surface area contributed by atoms with Crippen molar-refractivity contribution in [3.05, 3.63) is 95.6 Å². The first kappa shape index (κ1) is 19.2. The fourth-order valence-electron chi connectivity index (χ4n) is 4.77. The number of benzene rings is 3. The number of hydrogen-bond acceptors (Lipinski definition) is 3. The summed E-state index contributed by atoms with van der Waals surface area (Å²) in [5, 5.41) is 0. The first-order valence-corrected chi connectivity index (χ1v) is 10.8. The van der Waals surface area contributed by atoms with Gasteiger partial charge in [-0.2, -0.15) is 0 Å². The van der Waals surface area contributed by atoms with Crippen LogP contribution in [0.15, 0.2) is 78.9 Å². The lowest BCUT2D eigenvalue weighted by Gasteiger charge is -2.48. The smallest absolute Gasteiger partial charge is 0.126 e. The quantitative estimate of drug-likeness (QED) is 0.491. The maximum Gasteiger partial charge on any atom is 0.126 e. The van der Waals surface area contributed by atoms with Gasteiger partial charge in [-0.15, -0.1) is 0 Å². The third-order valence-corrected chi connectivity index (χ3v) is 6.39. The fraction of sp³-hybridized carbons (Fsp3) is 0.333. The summed E-state index contributed by atoms with van der Waals surface area (Å²) in [7, 11) is 0. The van der Waals surface area contributed by atoms with Crippen LogP contribution in [-0.2, 0) is 11.3 Å². The highest BCUT2D eigenvalue weighted by Gasteiger charge is 2.47. The average molecular weight is 401 g/mol. The van der Waals surface area contributed by atoms with Crippen LogP contribution in [0.3, 0.4) is 0 Å². The van der Waals surface area contributed by atoms with Gasteiger partial charge in [0.1, 0.15) is 23.7 Å². The molecule has 5 rings (SSSR count). The molecular formula is C27H28O3. The molecule has 2 aliphatic heterocycles. The third-order valence-electron chi connectivity index (χ3n) is 6.39. The van der Waals surface area contributed by atoms with Gasteiger partial charge in [-0.3, -0.25) is 0 Å². The molecule has 0 saturated carbocycles. The van der Waals surface area contributed by atoms with E-state index in [2.05, 4.69) is 62.4 Å². The predicted molar refractivity (Wildman–Crippen MR) is 118 cm³/mol. The Balaban J connectivity index is 1.42. The van der Waals surface area contributed by atoms with Crippen molar-refractivity contribution in [2.24, 2.45) is 5.92 Å². The van der Waals surface area contributed by atoms with Gasteiger partial charge in [-0.1, -0.05) is 60.7 Å². The molecule has 3 aromatic carbocycles. The minimum atomic E-state index is -0.258. The van der Waals surface area contributed by atoms with Crippen LogP contribution in [0.25, 0.3) is 0 Å². The Morgan fingerprint density at radius 3 is 2.40 bits per heavy atom. The van der Waals surface area contributed by atoms with Gasteiger partial charge in [0.15, 0.2) is 0 Å². The zero-order valence-corrected chi connectivity index (χ0v) is 17.6. The van der Waals surface area contributed by atoms with Crippen LogP contribution in [-0.4, -0.2) is 5.60 Å². The van der Waals surface area contributed by atoms with E-state index in [1.165, 1.54) is 5.56 Å². The number of fused-ring (bicyclic) bond motifs is 3. The van der Waals surface area contributed by atoms with Gasteiger partial charge in [-0.05, 0) is 56.0 Å². The Bertz CT molecular complexity index is 997. The summed E-state index contributed by atoms with van der Waals surface area (Å²) in [5.74, 6) is 2.07. The lowest BCUT2D eigenvalue weighted by molar-refractivity contribution is -0.151. The molecule has 154 valence electrons. The summed E-state index contributed by atoms with van der Waals surface area (Å²) in [6.45, 7) is 4.91. The Morgan fingerprint density at radius 1 is 0.900 bits per heavy atom. The highest BCUT2D eigenvalue weighted by atomic mass is 16.5. The van der Waals surface area contributed by atoms with E-state index in [1.54, 1.807) is 0 Å². The largest absolute Gasteiger partial charge is 0.489 e. The topological polar surface area (TPSA) is 27.7 Å². The predicted octanol–water partition coefficient (Wildman–Crippen LogP) is 6.65.